The molecule has 3 aromatic rings. The van der Waals surface area contributed by atoms with Gasteiger partial charge in [0.1, 0.15) is 11.4 Å². The maximum atomic E-state index is 13.6. The van der Waals surface area contributed by atoms with Crippen LogP contribution in [0, 0.1) is 0 Å². The maximum absolute atomic E-state index is 13.6. The van der Waals surface area contributed by atoms with Gasteiger partial charge >= 0.3 is 6.36 Å². The van der Waals surface area contributed by atoms with Crippen LogP contribution >= 0.6 is 0 Å². The van der Waals surface area contributed by atoms with Gasteiger partial charge < -0.3 is 9.14 Å². The Hall–Kier alpha value is -2.64. The van der Waals surface area contributed by atoms with Crippen LogP contribution in [0.15, 0.2) is 48.9 Å². The van der Waals surface area contributed by atoms with E-state index in [1.54, 1.807) is 12.3 Å². The smallest absolute Gasteiger partial charge is 0.406 e. The second kappa shape index (κ2) is 5.47. The first-order valence-electron chi connectivity index (χ1n) is 6.85. The molecule has 2 heterocycles. The molecule has 0 aliphatic heterocycles. The minimum absolute atomic E-state index is 0.232. The van der Waals surface area contributed by atoms with E-state index in [2.05, 4.69) is 9.72 Å². The lowest BCUT2D eigenvalue weighted by Crippen LogP contribution is -2.16. The Labute approximate surface area is 133 Å². The Morgan fingerprint density at radius 1 is 0.958 bits per heavy atom. The van der Waals surface area contributed by atoms with E-state index in [1.165, 1.54) is 41.1 Å². The minimum Gasteiger partial charge on any atom is -0.406 e. The van der Waals surface area contributed by atoms with Crippen LogP contribution in [-0.2, 0) is 5.92 Å². The first kappa shape index (κ1) is 16.2. The van der Waals surface area contributed by atoms with E-state index in [1.807, 2.05) is 0 Å². The number of alkyl halides is 5. The van der Waals surface area contributed by atoms with Crippen molar-refractivity contribution >= 4 is 5.52 Å². The number of benzene rings is 1. The molecule has 0 fully saturated rings. The zero-order valence-electron chi connectivity index (χ0n) is 12.3. The van der Waals surface area contributed by atoms with Gasteiger partial charge in [0.15, 0.2) is 0 Å². The van der Waals surface area contributed by atoms with Crippen LogP contribution in [0.1, 0.15) is 12.6 Å². The molecule has 0 spiro atoms. The van der Waals surface area contributed by atoms with Gasteiger partial charge in [-0.15, -0.1) is 13.2 Å². The van der Waals surface area contributed by atoms with Crippen molar-refractivity contribution in [1.82, 2.24) is 9.38 Å². The van der Waals surface area contributed by atoms with Crippen LogP contribution in [0.4, 0.5) is 22.0 Å². The lowest BCUT2D eigenvalue weighted by molar-refractivity contribution is -0.274. The number of fused-ring (bicyclic) bond motifs is 1. The molecular formula is C16H11F5N2O. The van der Waals surface area contributed by atoms with E-state index in [-0.39, 0.29) is 17.0 Å². The van der Waals surface area contributed by atoms with Crippen molar-refractivity contribution in [3.63, 3.8) is 0 Å². The Kier molecular flexibility index (Phi) is 3.70. The standard InChI is InChI=1S/C16H11F5N2O/c1-15(17,18)14-13-8-11(6-7-23(13)9-22-14)10-2-4-12(5-3-10)24-16(19,20)21/h2-9H,1H3. The molecule has 0 aliphatic rings. The summed E-state index contributed by atoms with van der Waals surface area (Å²) < 4.78 is 68.9. The van der Waals surface area contributed by atoms with Crippen molar-refractivity contribution in [2.45, 2.75) is 19.2 Å². The normalized spacial score (nSPS) is 12.6. The molecule has 3 nitrogen and oxygen atoms in total. The highest BCUT2D eigenvalue weighted by Gasteiger charge is 2.31. The van der Waals surface area contributed by atoms with Gasteiger partial charge in [-0.25, -0.2) is 4.98 Å². The Morgan fingerprint density at radius 3 is 2.21 bits per heavy atom. The number of hydrogen-bond acceptors (Lipinski definition) is 2. The minimum atomic E-state index is -4.76. The first-order valence-corrected chi connectivity index (χ1v) is 6.85. The zero-order chi connectivity index (χ0) is 17.5. The number of rotatable bonds is 3. The van der Waals surface area contributed by atoms with E-state index in [9.17, 15) is 22.0 Å². The highest BCUT2D eigenvalue weighted by atomic mass is 19.4. The van der Waals surface area contributed by atoms with E-state index in [4.69, 9.17) is 0 Å². The summed E-state index contributed by atoms with van der Waals surface area (Å²) in [5, 5.41) is 0. The van der Waals surface area contributed by atoms with E-state index in [0.717, 1.165) is 6.92 Å². The van der Waals surface area contributed by atoms with Crippen molar-refractivity contribution < 1.29 is 26.7 Å². The molecule has 0 amide bonds. The van der Waals surface area contributed by atoms with E-state index < -0.39 is 12.3 Å². The summed E-state index contributed by atoms with van der Waals surface area (Å²) in [6, 6.07) is 8.35. The molecule has 0 atom stereocenters. The van der Waals surface area contributed by atoms with Gasteiger partial charge in [-0.1, -0.05) is 12.1 Å². The third-order valence-corrected chi connectivity index (χ3v) is 3.38. The van der Waals surface area contributed by atoms with Crippen molar-refractivity contribution in [2.75, 3.05) is 0 Å². The molecular weight excluding hydrogens is 331 g/mol. The van der Waals surface area contributed by atoms with Crippen LogP contribution in [-0.4, -0.2) is 15.7 Å². The Bertz CT molecular complexity index is 863. The molecule has 3 rings (SSSR count). The Morgan fingerprint density at radius 2 is 1.62 bits per heavy atom. The van der Waals surface area contributed by atoms with Crippen LogP contribution in [0.5, 0.6) is 5.75 Å². The first-order chi connectivity index (χ1) is 11.1. The monoisotopic (exact) mass is 342 g/mol. The van der Waals surface area contributed by atoms with Gasteiger partial charge in [0.2, 0.25) is 0 Å². The second-order valence-electron chi connectivity index (χ2n) is 5.26. The third kappa shape index (κ3) is 3.32. The molecule has 8 heteroatoms. The zero-order valence-corrected chi connectivity index (χ0v) is 12.3. The summed E-state index contributed by atoms with van der Waals surface area (Å²) in [4.78, 5) is 3.72. The number of ether oxygens (including phenoxy) is 1. The quantitative estimate of drug-likeness (QED) is 0.626. The molecule has 1 aromatic carbocycles. The predicted molar refractivity (Wildman–Crippen MR) is 76.9 cm³/mol. The van der Waals surface area contributed by atoms with Crippen LogP contribution < -0.4 is 4.74 Å². The Balaban J connectivity index is 1.97. The van der Waals surface area contributed by atoms with Crippen LogP contribution in [0.2, 0.25) is 0 Å². The topological polar surface area (TPSA) is 26.5 Å². The largest absolute Gasteiger partial charge is 0.573 e. The van der Waals surface area contributed by atoms with Gasteiger partial charge in [0.25, 0.3) is 5.92 Å². The molecule has 24 heavy (non-hydrogen) atoms. The third-order valence-electron chi connectivity index (χ3n) is 3.38. The van der Waals surface area contributed by atoms with E-state index >= 15 is 0 Å². The molecule has 0 bridgehead atoms. The fraction of sp³-hybridized carbons (Fsp3) is 0.188. The van der Waals surface area contributed by atoms with Gasteiger partial charge in [-0.05, 0) is 35.4 Å². The summed E-state index contributed by atoms with van der Waals surface area (Å²) in [5.74, 6) is -3.45. The molecule has 0 saturated carbocycles. The fourth-order valence-electron chi connectivity index (χ4n) is 2.36. The molecule has 2 aromatic heterocycles. The van der Waals surface area contributed by atoms with Crippen molar-refractivity contribution in [1.29, 1.82) is 0 Å². The van der Waals surface area contributed by atoms with Gasteiger partial charge in [-0.2, -0.15) is 8.78 Å². The molecule has 0 radical (unpaired) electrons. The highest BCUT2D eigenvalue weighted by Crippen LogP contribution is 2.32. The number of imidazole rings is 1. The van der Waals surface area contributed by atoms with Crippen molar-refractivity contribution in [3.8, 4) is 16.9 Å². The lowest BCUT2D eigenvalue weighted by atomic mass is 10.1. The summed E-state index contributed by atoms with van der Waals surface area (Å²) in [7, 11) is 0. The van der Waals surface area contributed by atoms with Gasteiger partial charge in [0, 0.05) is 13.1 Å². The molecule has 0 aliphatic carbocycles. The molecule has 0 N–H and O–H groups in total. The highest BCUT2D eigenvalue weighted by molar-refractivity contribution is 5.70. The molecule has 126 valence electrons. The second-order valence-corrected chi connectivity index (χ2v) is 5.26. The number of hydrogen-bond donors (Lipinski definition) is 0. The number of aromatic nitrogens is 2. The summed E-state index contributed by atoms with van der Waals surface area (Å²) in [6.07, 6.45) is -1.92. The SMILES string of the molecule is CC(F)(F)c1ncn2ccc(-c3ccc(OC(F)(F)F)cc3)cc12. The van der Waals surface area contributed by atoms with Gasteiger partial charge in [0.05, 0.1) is 11.8 Å². The summed E-state index contributed by atoms with van der Waals surface area (Å²) in [6.45, 7) is 0.755. The summed E-state index contributed by atoms with van der Waals surface area (Å²) >= 11 is 0. The van der Waals surface area contributed by atoms with Crippen molar-refractivity contribution in [3.05, 3.63) is 54.6 Å². The number of halogens is 5. The average Bonchev–Trinajstić information content (AvgIpc) is 2.89. The van der Waals surface area contributed by atoms with Gasteiger partial charge in [-0.3, -0.25) is 0 Å². The van der Waals surface area contributed by atoms with Crippen molar-refractivity contribution in [2.24, 2.45) is 0 Å². The van der Waals surface area contributed by atoms with E-state index in [0.29, 0.717) is 11.1 Å². The predicted octanol–water partition coefficient (Wildman–Crippen LogP) is 5.01. The van der Waals surface area contributed by atoms with Crippen LogP contribution in [0.25, 0.3) is 16.6 Å². The molecule has 0 unspecified atom stereocenters. The molecule has 0 saturated heterocycles. The maximum Gasteiger partial charge on any atom is 0.573 e. The average molecular weight is 342 g/mol. The number of pyridine rings is 1. The van der Waals surface area contributed by atoms with Crippen LogP contribution in [0.3, 0.4) is 0 Å². The summed E-state index contributed by atoms with van der Waals surface area (Å²) in [5.41, 5.74) is 1.02. The number of nitrogens with zero attached hydrogens (tertiary/aromatic N) is 2. The lowest BCUT2D eigenvalue weighted by Gasteiger charge is -2.10. The fourth-order valence-corrected chi connectivity index (χ4v) is 2.36.